The summed E-state index contributed by atoms with van der Waals surface area (Å²) in [6, 6.07) is 8.59. The van der Waals surface area contributed by atoms with E-state index in [-0.39, 0.29) is 58.8 Å². The van der Waals surface area contributed by atoms with Gasteiger partial charge in [-0.1, -0.05) is 11.6 Å². The molecule has 9 rings (SSSR count). The molecule has 1 spiro atoms. The van der Waals surface area contributed by atoms with Crippen LogP contribution in [0.15, 0.2) is 42.7 Å². The summed E-state index contributed by atoms with van der Waals surface area (Å²) in [4.78, 5) is 80.1. The van der Waals surface area contributed by atoms with Crippen LogP contribution in [0.5, 0.6) is 5.75 Å². The van der Waals surface area contributed by atoms with Crippen molar-refractivity contribution in [1.82, 2.24) is 30.4 Å². The fraction of sp³-hybridized carbons (Fsp3) is 0.488. The molecular formula is C43H45ClFN9O6. The van der Waals surface area contributed by atoms with Gasteiger partial charge in [-0.25, -0.2) is 14.4 Å². The summed E-state index contributed by atoms with van der Waals surface area (Å²) in [6.07, 6.45) is 9.23. The van der Waals surface area contributed by atoms with Crippen molar-refractivity contribution in [2.45, 2.75) is 76.0 Å². The van der Waals surface area contributed by atoms with Crippen LogP contribution >= 0.6 is 11.6 Å². The van der Waals surface area contributed by atoms with E-state index in [9.17, 15) is 24.0 Å². The van der Waals surface area contributed by atoms with E-state index in [4.69, 9.17) is 21.6 Å². The first-order valence-electron chi connectivity index (χ1n) is 20.7. The first-order chi connectivity index (χ1) is 29.0. The molecule has 1 saturated carbocycles. The summed E-state index contributed by atoms with van der Waals surface area (Å²) in [7, 11) is 0. The minimum atomic E-state index is -1.10. The van der Waals surface area contributed by atoms with Gasteiger partial charge in [0, 0.05) is 63.2 Å². The molecule has 17 heteroatoms. The predicted molar refractivity (Wildman–Crippen MR) is 216 cm³/mol. The SMILES string of the molecule is N#Cc1ccc(O[C@H]2CC[C@H](NC(=O)c3cnc(N4CC5(CCN(CC6CCN(c7cc8c(cc7F)C(=O)N(C7CCC(=O)NC7=O)C8=O)CC6)C5)C4)cn3)CC2)cc1Cl. The Labute approximate surface area is 351 Å². The Morgan fingerprint density at radius 1 is 0.933 bits per heavy atom. The van der Waals surface area contributed by atoms with Crippen molar-refractivity contribution in [3.05, 3.63) is 75.9 Å². The number of fused-ring (bicyclic) bond motifs is 1. The summed E-state index contributed by atoms with van der Waals surface area (Å²) in [5.41, 5.74) is 1.19. The number of likely N-dealkylation sites (tertiary alicyclic amines) is 1. The van der Waals surface area contributed by atoms with Gasteiger partial charge in [0.05, 0.1) is 45.9 Å². The number of aromatic nitrogens is 2. The van der Waals surface area contributed by atoms with Gasteiger partial charge >= 0.3 is 0 Å². The summed E-state index contributed by atoms with van der Waals surface area (Å²) in [5, 5.41) is 14.7. The first kappa shape index (κ1) is 39.8. The third-order valence-electron chi connectivity index (χ3n) is 13.1. The van der Waals surface area contributed by atoms with Crippen LogP contribution < -0.4 is 25.2 Å². The van der Waals surface area contributed by atoms with E-state index in [1.807, 2.05) is 11.0 Å². The second kappa shape index (κ2) is 16.1. The smallest absolute Gasteiger partial charge is 0.271 e. The number of halogens is 2. The number of rotatable bonds is 9. The molecule has 0 bridgehead atoms. The Morgan fingerprint density at radius 3 is 2.37 bits per heavy atom. The summed E-state index contributed by atoms with van der Waals surface area (Å²) in [6.45, 7) is 5.95. The molecule has 5 fully saturated rings. The minimum absolute atomic E-state index is 0.00997. The number of amides is 5. The average Bonchev–Trinajstić information content (AvgIpc) is 3.76. The van der Waals surface area contributed by atoms with Gasteiger partial charge in [0.15, 0.2) is 0 Å². The second-order valence-electron chi connectivity index (χ2n) is 17.1. The van der Waals surface area contributed by atoms with E-state index in [0.717, 1.165) is 94.5 Å². The zero-order valence-corrected chi connectivity index (χ0v) is 33.8. The fourth-order valence-electron chi connectivity index (χ4n) is 9.85. The third-order valence-corrected chi connectivity index (χ3v) is 13.4. The van der Waals surface area contributed by atoms with Crippen LogP contribution in [0.3, 0.4) is 0 Å². The van der Waals surface area contributed by atoms with E-state index < -0.39 is 35.5 Å². The highest BCUT2D eigenvalue weighted by atomic mass is 35.5. The Hall–Kier alpha value is -5.66. The van der Waals surface area contributed by atoms with E-state index in [2.05, 4.69) is 30.4 Å². The number of nitriles is 1. The molecule has 5 aliphatic heterocycles. The molecule has 4 saturated heterocycles. The number of benzene rings is 2. The van der Waals surface area contributed by atoms with Crippen molar-refractivity contribution in [3.8, 4) is 11.8 Å². The summed E-state index contributed by atoms with van der Waals surface area (Å²) in [5.74, 6) is -1.49. The number of carbonyl (C=O) groups excluding carboxylic acids is 5. The van der Waals surface area contributed by atoms with Gasteiger partial charge in [-0.05, 0) is 88.1 Å². The molecule has 1 unspecified atom stereocenters. The number of nitrogens with one attached hydrogen (secondary N) is 2. The molecule has 6 aliphatic rings. The lowest BCUT2D eigenvalue weighted by Crippen LogP contribution is -2.58. The molecule has 2 aromatic carbocycles. The van der Waals surface area contributed by atoms with Crippen molar-refractivity contribution >= 4 is 52.6 Å². The zero-order chi connectivity index (χ0) is 41.7. The molecule has 1 aliphatic carbocycles. The van der Waals surface area contributed by atoms with Crippen LogP contribution in [0.25, 0.3) is 0 Å². The first-order valence-corrected chi connectivity index (χ1v) is 21.1. The van der Waals surface area contributed by atoms with E-state index in [1.54, 1.807) is 30.6 Å². The van der Waals surface area contributed by atoms with Crippen LogP contribution in [0.2, 0.25) is 5.02 Å². The zero-order valence-electron chi connectivity index (χ0n) is 33.0. The number of nitrogens with zero attached hydrogens (tertiary/aromatic N) is 7. The highest BCUT2D eigenvalue weighted by molar-refractivity contribution is 6.31. The maximum Gasteiger partial charge on any atom is 0.271 e. The highest BCUT2D eigenvalue weighted by Gasteiger charge is 2.49. The van der Waals surface area contributed by atoms with Crippen LogP contribution in [-0.4, -0.2) is 113 Å². The van der Waals surface area contributed by atoms with Gasteiger partial charge in [0.2, 0.25) is 11.8 Å². The lowest BCUT2D eigenvalue weighted by molar-refractivity contribution is -0.136. The number of imide groups is 2. The van der Waals surface area contributed by atoms with Crippen LogP contribution in [-0.2, 0) is 9.59 Å². The molecule has 6 heterocycles. The topological polar surface area (TPSA) is 181 Å². The Morgan fingerprint density at radius 2 is 1.68 bits per heavy atom. The average molecular weight is 838 g/mol. The van der Waals surface area contributed by atoms with Crippen LogP contribution in [0, 0.1) is 28.5 Å². The monoisotopic (exact) mass is 837 g/mol. The maximum absolute atomic E-state index is 15.5. The Kier molecular flexibility index (Phi) is 10.7. The van der Waals surface area contributed by atoms with Gasteiger partial charge in [0.1, 0.15) is 35.2 Å². The number of hydrogen-bond acceptors (Lipinski definition) is 12. The van der Waals surface area contributed by atoms with Gasteiger partial charge < -0.3 is 24.8 Å². The molecule has 60 heavy (non-hydrogen) atoms. The van der Waals surface area contributed by atoms with Crippen LogP contribution in [0.1, 0.15) is 94.6 Å². The van der Waals surface area contributed by atoms with Crippen molar-refractivity contribution in [2.75, 3.05) is 55.6 Å². The molecule has 1 aromatic heterocycles. The molecule has 0 radical (unpaired) electrons. The second-order valence-corrected chi connectivity index (χ2v) is 17.6. The summed E-state index contributed by atoms with van der Waals surface area (Å²) >= 11 is 6.15. The van der Waals surface area contributed by atoms with Gasteiger partial charge in [-0.3, -0.25) is 34.2 Å². The van der Waals surface area contributed by atoms with Crippen molar-refractivity contribution in [2.24, 2.45) is 11.3 Å². The molecular weight excluding hydrogens is 793 g/mol. The minimum Gasteiger partial charge on any atom is -0.490 e. The van der Waals surface area contributed by atoms with Crippen molar-refractivity contribution in [1.29, 1.82) is 5.26 Å². The maximum atomic E-state index is 15.5. The number of carbonyl (C=O) groups is 5. The van der Waals surface area contributed by atoms with Gasteiger partial charge in [-0.2, -0.15) is 5.26 Å². The Balaban J connectivity index is 0.707. The van der Waals surface area contributed by atoms with E-state index in [1.165, 1.54) is 6.07 Å². The van der Waals surface area contributed by atoms with Gasteiger partial charge in [-0.15, -0.1) is 0 Å². The largest absolute Gasteiger partial charge is 0.490 e. The standard InChI is InChI=1S/C43H45ClFN9O6/c44-32-15-29(4-1-26(32)18-46)60-28-5-2-27(3-6-28)49-39(56)34-19-48-37(20-47-34)53-23-43(24-53)11-14-51(22-43)21-25-9-12-52(13-10-25)36-17-31-30(16-33(36)45)41(58)54(42(31)59)35-7-8-38(55)50-40(35)57/h1,4,15-17,19-20,25,27-28,35H,2-3,5-14,21-24H2,(H,49,56)(H,50,55,57)/t27-,28-,35?. The molecule has 2 N–H and O–H groups in total. The molecule has 1 atom stereocenters. The van der Waals surface area contributed by atoms with Crippen LogP contribution in [0.4, 0.5) is 15.9 Å². The van der Waals surface area contributed by atoms with E-state index >= 15 is 4.39 Å². The number of hydrogen-bond donors (Lipinski definition) is 2. The fourth-order valence-corrected chi connectivity index (χ4v) is 10.1. The lowest BCUT2D eigenvalue weighted by Gasteiger charge is -2.48. The number of ether oxygens (including phenoxy) is 1. The molecule has 312 valence electrons. The number of anilines is 2. The van der Waals surface area contributed by atoms with E-state index in [0.29, 0.717) is 35.3 Å². The molecule has 15 nitrogen and oxygen atoms in total. The molecule has 5 amide bonds. The van der Waals surface area contributed by atoms with Crippen molar-refractivity contribution in [3.63, 3.8) is 0 Å². The lowest BCUT2D eigenvalue weighted by atomic mass is 9.79. The highest BCUT2D eigenvalue weighted by Crippen LogP contribution is 2.42. The third kappa shape index (κ3) is 7.76. The molecule has 3 aromatic rings. The number of piperidine rings is 2. The Bertz CT molecular complexity index is 2280. The van der Waals surface area contributed by atoms with Crippen molar-refractivity contribution < 1.29 is 33.1 Å². The summed E-state index contributed by atoms with van der Waals surface area (Å²) < 4.78 is 21.5. The quantitative estimate of drug-likeness (QED) is 0.295. The normalized spacial score (nSPS) is 24.3. The van der Waals surface area contributed by atoms with Gasteiger partial charge in [0.25, 0.3) is 17.7 Å². The predicted octanol–water partition coefficient (Wildman–Crippen LogP) is 4.09.